The number of aryl methyl sites for hydroxylation is 4. The van der Waals surface area contributed by atoms with Gasteiger partial charge in [-0.3, -0.25) is 8.42 Å². The zero-order valence-electron chi connectivity index (χ0n) is 37.8. The van der Waals surface area contributed by atoms with Crippen LogP contribution in [0.5, 0.6) is 0 Å². The molecule has 62 heavy (non-hydrogen) atoms. The van der Waals surface area contributed by atoms with E-state index in [1.54, 1.807) is 0 Å². The molecule has 0 aliphatic rings. The van der Waals surface area contributed by atoms with Gasteiger partial charge in [0.05, 0.1) is 0 Å². The second-order valence-corrected chi connectivity index (χ2v) is 18.6. The van der Waals surface area contributed by atoms with E-state index < -0.39 is 20.2 Å². The summed E-state index contributed by atoms with van der Waals surface area (Å²) in [7, 11) is -5.90. The van der Waals surface area contributed by atoms with Gasteiger partial charge < -0.3 is 29.7 Å². The minimum absolute atomic E-state index is 0. The molecular formula is C50H58Cr2N4O4S2. The molecule has 0 saturated carbocycles. The van der Waals surface area contributed by atoms with Crippen LogP contribution >= 0.6 is 0 Å². The van der Waals surface area contributed by atoms with Crippen LogP contribution in [0.25, 0.3) is 33.1 Å². The molecule has 0 bridgehead atoms. The molecule has 6 aromatic rings. The fourth-order valence-electron chi connectivity index (χ4n) is 7.20. The molecule has 0 fully saturated rings. The van der Waals surface area contributed by atoms with Gasteiger partial charge in [0.25, 0.3) is 0 Å². The largest absolute Gasteiger partial charge is 2.00 e. The SMILES string of the molecule is Cc1cccc(C)c1-c1cccc([N-]c2c(C(C)C)cccc2C(C)C)n1.Cc1cccc(C)c1-c1cccc([N-]c2c(C(C)C)cccc2C(C)C)n1.O=S([O-])S(=O)[O-].[Cr+2].[Cr+2]. The molecule has 12 heteroatoms. The quantitative estimate of drug-likeness (QED) is 0.0938. The van der Waals surface area contributed by atoms with Crippen molar-refractivity contribution in [3.8, 4) is 22.5 Å². The predicted molar refractivity (Wildman–Crippen MR) is 251 cm³/mol. The van der Waals surface area contributed by atoms with Crippen molar-refractivity contribution in [2.75, 3.05) is 0 Å². The van der Waals surface area contributed by atoms with Crippen LogP contribution in [0.1, 0.15) is 124 Å². The maximum atomic E-state index is 9.09. The third kappa shape index (κ3) is 14.6. The van der Waals surface area contributed by atoms with Crippen molar-refractivity contribution in [2.45, 2.75) is 107 Å². The molecule has 0 saturated heterocycles. The molecule has 0 aliphatic heterocycles. The summed E-state index contributed by atoms with van der Waals surface area (Å²) in [4.78, 5) is 9.79. The maximum absolute atomic E-state index is 9.09. The van der Waals surface area contributed by atoms with Gasteiger partial charge in [-0.15, -0.1) is 0 Å². The summed E-state index contributed by atoms with van der Waals surface area (Å²) in [5, 5.41) is 10.0. The van der Waals surface area contributed by atoms with Crippen LogP contribution in [0, 0.1) is 27.7 Å². The molecule has 0 spiro atoms. The third-order valence-corrected chi connectivity index (χ3v) is 11.1. The van der Waals surface area contributed by atoms with Crippen molar-refractivity contribution in [2.24, 2.45) is 0 Å². The van der Waals surface area contributed by atoms with Gasteiger partial charge in [0.1, 0.15) is 0 Å². The molecule has 0 N–H and O–H groups in total. The van der Waals surface area contributed by atoms with Gasteiger partial charge >= 0.3 is 34.7 Å². The van der Waals surface area contributed by atoms with E-state index in [0.29, 0.717) is 23.7 Å². The second-order valence-electron chi connectivity index (χ2n) is 16.1. The summed E-state index contributed by atoms with van der Waals surface area (Å²) in [6.45, 7) is 26.3. The molecule has 0 amide bonds. The van der Waals surface area contributed by atoms with E-state index >= 15 is 0 Å². The van der Waals surface area contributed by atoms with E-state index in [2.05, 4.69) is 180 Å². The molecule has 4 aromatic carbocycles. The second kappa shape index (κ2) is 25.4. The van der Waals surface area contributed by atoms with E-state index in [1.807, 2.05) is 12.1 Å². The van der Waals surface area contributed by atoms with Gasteiger partial charge in [-0.2, -0.15) is 0 Å². The molecular weight excluding hydrogens is 889 g/mol. The fourth-order valence-corrected chi connectivity index (χ4v) is 7.20. The number of aromatic nitrogens is 2. The van der Waals surface area contributed by atoms with Crippen LogP contribution < -0.4 is 0 Å². The van der Waals surface area contributed by atoms with E-state index in [9.17, 15) is 0 Å². The molecule has 0 aliphatic carbocycles. The Morgan fingerprint density at radius 1 is 0.419 bits per heavy atom. The van der Waals surface area contributed by atoms with Crippen LogP contribution in [-0.2, 0) is 54.9 Å². The zero-order chi connectivity index (χ0) is 44.3. The number of hydrogen-bond donors (Lipinski definition) is 0. The maximum Gasteiger partial charge on any atom is 2.00 e. The monoisotopic (exact) mass is 946 g/mol. The van der Waals surface area contributed by atoms with Crippen molar-refractivity contribution in [1.29, 1.82) is 0 Å². The standard InChI is InChI=1S/2C25H29N2.2Cr.H2O4S2/c2*1-16(2)20-12-8-13-21(17(3)4)25(20)27-23-15-9-14-22(26-23)24-18(5)10-7-11-19(24)6;;;1-5(2)6(3)4/h2*7-17H,1-6H3;;;(H,1,2)(H,3,4)/q2*-1;2*+2;/p-2. The third-order valence-electron chi connectivity index (χ3n) is 10.2. The smallest absolute Gasteiger partial charge is 0.763 e. The summed E-state index contributed by atoms with van der Waals surface area (Å²) in [6, 6.07) is 38.0. The van der Waals surface area contributed by atoms with Gasteiger partial charge in [-0.05, 0) is 130 Å². The van der Waals surface area contributed by atoms with Crippen LogP contribution in [0.4, 0.5) is 23.0 Å². The van der Waals surface area contributed by atoms with Crippen LogP contribution in [0.15, 0.2) is 109 Å². The van der Waals surface area contributed by atoms with Gasteiger partial charge in [0.2, 0.25) is 0 Å². The predicted octanol–water partition coefficient (Wildman–Crippen LogP) is 14.6. The summed E-state index contributed by atoms with van der Waals surface area (Å²) < 4.78 is 36.3. The summed E-state index contributed by atoms with van der Waals surface area (Å²) >= 11 is 0. The van der Waals surface area contributed by atoms with E-state index in [4.69, 9.17) is 38.1 Å². The van der Waals surface area contributed by atoms with Gasteiger partial charge in [0, 0.05) is 20.2 Å². The van der Waals surface area contributed by atoms with Gasteiger partial charge in [-0.1, -0.05) is 176 Å². The summed E-state index contributed by atoms with van der Waals surface area (Å²) in [5.41, 5.74) is 16.6. The Hall–Kier alpha value is -3.94. The first-order valence-corrected chi connectivity index (χ1v) is 23.0. The fraction of sp³-hybridized carbons (Fsp3) is 0.320. The van der Waals surface area contributed by atoms with Gasteiger partial charge in [-0.25, -0.2) is 0 Å². The summed E-state index contributed by atoms with van der Waals surface area (Å²) in [6.07, 6.45) is 0. The molecule has 2 atom stereocenters. The number of para-hydroxylation sites is 2. The number of benzene rings is 4. The van der Waals surface area contributed by atoms with Gasteiger partial charge in [0.15, 0.2) is 0 Å². The topological polar surface area (TPSA) is 134 Å². The molecule has 6 rings (SSSR count). The van der Waals surface area contributed by atoms with Crippen molar-refractivity contribution in [1.82, 2.24) is 9.97 Å². The normalized spacial score (nSPS) is 11.7. The first-order chi connectivity index (χ1) is 28.4. The van der Waals surface area contributed by atoms with E-state index in [1.165, 1.54) is 55.6 Å². The molecule has 2 unspecified atom stereocenters. The number of pyridine rings is 2. The van der Waals surface area contributed by atoms with E-state index in [0.717, 1.165) is 34.4 Å². The molecule has 326 valence electrons. The van der Waals surface area contributed by atoms with E-state index in [-0.39, 0.29) is 34.7 Å². The zero-order valence-corrected chi connectivity index (χ0v) is 41.9. The van der Waals surface area contributed by atoms with Crippen LogP contribution in [0.2, 0.25) is 0 Å². The Balaban J connectivity index is 0.000000367. The average Bonchev–Trinajstić information content (AvgIpc) is 3.18. The minimum atomic E-state index is -2.95. The Kier molecular flexibility index (Phi) is 22.2. The molecule has 0 radical (unpaired) electrons. The molecule has 8 nitrogen and oxygen atoms in total. The molecule has 2 heterocycles. The first-order valence-electron chi connectivity index (χ1n) is 20.4. The Morgan fingerprint density at radius 2 is 0.661 bits per heavy atom. The number of hydrogen-bond acceptors (Lipinski definition) is 6. The number of nitrogens with zero attached hydrogens (tertiary/aromatic N) is 4. The number of rotatable bonds is 11. The van der Waals surface area contributed by atoms with Crippen molar-refractivity contribution >= 4 is 43.2 Å². The van der Waals surface area contributed by atoms with Crippen molar-refractivity contribution in [3.63, 3.8) is 0 Å². The average molecular weight is 947 g/mol. The van der Waals surface area contributed by atoms with Crippen molar-refractivity contribution < 1.29 is 52.2 Å². The minimum Gasteiger partial charge on any atom is -0.763 e. The summed E-state index contributed by atoms with van der Waals surface area (Å²) in [5.74, 6) is 3.22. The van der Waals surface area contributed by atoms with Crippen LogP contribution in [0.3, 0.4) is 0 Å². The first kappa shape index (κ1) is 54.2. The molecule has 2 aromatic heterocycles. The van der Waals surface area contributed by atoms with Crippen molar-refractivity contribution in [3.05, 3.63) is 164 Å². The Labute approximate surface area is 396 Å². The van der Waals surface area contributed by atoms with Crippen LogP contribution in [-0.4, -0.2) is 27.5 Å². The Bertz CT molecular complexity index is 2180. The Morgan fingerprint density at radius 3 is 0.903 bits per heavy atom.